The van der Waals surface area contributed by atoms with Crippen molar-refractivity contribution in [3.05, 3.63) is 33.2 Å². The van der Waals surface area contributed by atoms with Crippen LogP contribution in [-0.2, 0) is 0 Å². The van der Waals surface area contributed by atoms with Crippen LogP contribution in [0.1, 0.15) is 40.4 Å². The first-order valence-corrected chi connectivity index (χ1v) is 9.95. The van der Waals surface area contributed by atoms with Gasteiger partial charge in [0.2, 0.25) is 6.29 Å². The first-order valence-electron chi connectivity index (χ1n) is 9.13. The lowest BCUT2D eigenvalue weighted by Gasteiger charge is -2.42. The molecule has 1 saturated heterocycles. The summed E-state index contributed by atoms with van der Waals surface area (Å²) in [6, 6.07) is 2.03. The summed E-state index contributed by atoms with van der Waals surface area (Å²) in [5.41, 5.74) is 6.23. The lowest BCUT2D eigenvalue weighted by Crippen LogP contribution is -2.49. The van der Waals surface area contributed by atoms with Crippen LogP contribution in [0.15, 0.2) is 27.8 Å². The number of nitrogens with one attached hydrogen (secondary N) is 1. The molecule has 0 aromatic carbocycles. The zero-order valence-corrected chi connectivity index (χ0v) is 16.5. The van der Waals surface area contributed by atoms with E-state index in [4.69, 9.17) is 0 Å². The van der Waals surface area contributed by atoms with Crippen molar-refractivity contribution in [3.8, 4) is 0 Å². The van der Waals surface area contributed by atoms with Crippen LogP contribution in [0.5, 0.6) is 0 Å². The third-order valence-corrected chi connectivity index (χ3v) is 6.45. The Morgan fingerprint density at radius 3 is 2.88 bits per heavy atom. The predicted octanol–water partition coefficient (Wildman–Crippen LogP) is 2.95. The van der Waals surface area contributed by atoms with Crippen molar-refractivity contribution in [1.82, 2.24) is 15.3 Å². The Balaban J connectivity index is 1.58. The van der Waals surface area contributed by atoms with E-state index >= 15 is 0 Å². The normalized spacial score (nSPS) is 27.8. The number of aliphatic imine (C=N–C) groups is 2. The number of nitrogens with zero attached hydrogens (tertiary/aromatic N) is 4. The van der Waals surface area contributed by atoms with E-state index in [1.54, 1.807) is 17.7 Å². The topological polar surface area (TPSA) is 60.3 Å². The van der Waals surface area contributed by atoms with Gasteiger partial charge in [-0.3, -0.25) is 10.2 Å². The van der Waals surface area contributed by atoms with E-state index in [-0.39, 0.29) is 18.1 Å². The van der Waals surface area contributed by atoms with Gasteiger partial charge in [0.15, 0.2) is 0 Å². The van der Waals surface area contributed by atoms with E-state index in [1.165, 1.54) is 10.6 Å². The van der Waals surface area contributed by atoms with Gasteiger partial charge < -0.3 is 4.90 Å². The van der Waals surface area contributed by atoms with Gasteiger partial charge in [-0.05, 0) is 45.3 Å². The Morgan fingerprint density at radius 2 is 2.15 bits per heavy atom. The molecule has 3 atom stereocenters. The van der Waals surface area contributed by atoms with Gasteiger partial charge in [-0.2, -0.15) is 0 Å². The summed E-state index contributed by atoms with van der Waals surface area (Å²) in [7, 11) is 0. The highest BCUT2D eigenvalue weighted by molar-refractivity contribution is 7.12. The highest BCUT2D eigenvalue weighted by atomic mass is 32.1. The number of rotatable bonds is 2. The zero-order chi connectivity index (χ0) is 18.4. The number of likely N-dealkylation sites (tertiary alicyclic amines) is 1. The monoisotopic (exact) mass is 371 g/mol. The van der Waals surface area contributed by atoms with Crippen LogP contribution < -0.4 is 5.43 Å². The molecule has 1 fully saturated rings. The second kappa shape index (κ2) is 6.54. The summed E-state index contributed by atoms with van der Waals surface area (Å²) in [6.45, 7) is 9.94. The summed E-state index contributed by atoms with van der Waals surface area (Å²) in [5.74, 6) is 0.937. The molecule has 3 aliphatic heterocycles. The molecular formula is C19H25N5OS. The number of hydrazine groups is 1. The highest BCUT2D eigenvalue weighted by Crippen LogP contribution is 2.35. The molecule has 1 unspecified atom stereocenters. The quantitative estimate of drug-likeness (QED) is 0.869. The third kappa shape index (κ3) is 2.94. The summed E-state index contributed by atoms with van der Waals surface area (Å²) in [6.07, 6.45) is 4.63. The highest BCUT2D eigenvalue weighted by Gasteiger charge is 2.38. The molecule has 1 amide bonds. The van der Waals surface area contributed by atoms with E-state index in [2.05, 4.69) is 35.3 Å². The van der Waals surface area contributed by atoms with E-state index in [1.807, 2.05) is 29.8 Å². The summed E-state index contributed by atoms with van der Waals surface area (Å²) < 4.78 is 0. The maximum atomic E-state index is 13.1. The smallest absolute Gasteiger partial charge is 0.255 e. The molecule has 6 nitrogen and oxygen atoms in total. The first kappa shape index (κ1) is 17.3. The fourth-order valence-corrected chi connectivity index (χ4v) is 4.95. The van der Waals surface area contributed by atoms with E-state index < -0.39 is 0 Å². The van der Waals surface area contributed by atoms with Gasteiger partial charge in [0.25, 0.3) is 5.91 Å². The zero-order valence-electron chi connectivity index (χ0n) is 15.7. The third-order valence-electron chi connectivity index (χ3n) is 5.49. The van der Waals surface area contributed by atoms with Crippen LogP contribution in [0.4, 0.5) is 0 Å². The molecule has 0 saturated carbocycles. The molecule has 26 heavy (non-hydrogen) atoms. The van der Waals surface area contributed by atoms with Gasteiger partial charge >= 0.3 is 0 Å². The van der Waals surface area contributed by atoms with Crippen molar-refractivity contribution in [2.45, 2.75) is 40.4 Å². The fourth-order valence-electron chi connectivity index (χ4n) is 4.04. The minimum Gasteiger partial charge on any atom is -0.338 e. The molecule has 1 aromatic heterocycles. The second-order valence-corrected chi connectivity index (χ2v) is 8.87. The summed E-state index contributed by atoms with van der Waals surface area (Å²) >= 11 is 1.69. The average Bonchev–Trinajstić information content (AvgIpc) is 3.19. The largest absolute Gasteiger partial charge is 0.338 e. The van der Waals surface area contributed by atoms with E-state index in [9.17, 15) is 4.79 Å². The Labute approximate surface area is 158 Å². The van der Waals surface area contributed by atoms with Crippen molar-refractivity contribution < 1.29 is 4.79 Å². The van der Waals surface area contributed by atoms with Crippen molar-refractivity contribution in [2.24, 2.45) is 21.8 Å². The van der Waals surface area contributed by atoms with E-state index in [0.717, 1.165) is 35.7 Å². The van der Waals surface area contributed by atoms with Crippen LogP contribution in [0.3, 0.4) is 0 Å². The number of amides is 1. The van der Waals surface area contributed by atoms with Gasteiger partial charge in [-0.15, -0.1) is 11.3 Å². The molecule has 7 heteroatoms. The number of carbonyl (C=O) groups is 1. The molecule has 1 aromatic rings. The number of allylic oxidation sites excluding steroid dienone is 1. The van der Waals surface area contributed by atoms with Gasteiger partial charge in [0.1, 0.15) is 6.34 Å². The Hall–Kier alpha value is -2.15. The fraction of sp³-hybridized carbons (Fsp3) is 0.526. The molecule has 1 N–H and O–H groups in total. The Bertz CT molecular complexity index is 824. The predicted molar refractivity (Wildman–Crippen MR) is 105 cm³/mol. The standard InChI is InChI=1S/C19H25N5OS/c1-11-5-6-23(18(25)15-8-13(3)26-14(15)4)9-16(11)17-7-12(2)22-19-20-10-21-24(17)19/h7-8,10-11,16,19H,5-6,9H2,1-4H3,(H,20,21)/t11-,16-,19?/m1/s1. The number of hydrogen-bond donors (Lipinski definition) is 1. The van der Waals surface area contributed by atoms with Crippen LogP contribution in [0.25, 0.3) is 0 Å². The lowest BCUT2D eigenvalue weighted by molar-refractivity contribution is 0.0596. The SMILES string of the molecule is CC1=NC2N=CNN2C([C@@H]2CN(C(=O)c3cc(C)sc3C)CC[C@H]2C)=C1. The minimum absolute atomic E-state index is 0.160. The summed E-state index contributed by atoms with van der Waals surface area (Å²) in [5, 5.41) is 2.03. The van der Waals surface area contributed by atoms with Crippen LogP contribution >= 0.6 is 11.3 Å². The number of carbonyl (C=O) groups excluding carboxylic acids is 1. The Morgan fingerprint density at radius 1 is 1.35 bits per heavy atom. The number of hydrogen-bond acceptors (Lipinski definition) is 6. The van der Waals surface area contributed by atoms with Crippen LogP contribution in [0.2, 0.25) is 0 Å². The average molecular weight is 372 g/mol. The van der Waals surface area contributed by atoms with Gasteiger partial charge in [0, 0.05) is 40.2 Å². The molecule has 0 spiro atoms. The first-order chi connectivity index (χ1) is 12.4. The van der Waals surface area contributed by atoms with Gasteiger partial charge in [-0.25, -0.2) is 15.0 Å². The maximum Gasteiger partial charge on any atom is 0.255 e. The molecule has 0 bridgehead atoms. The van der Waals surface area contributed by atoms with Gasteiger partial charge in [-0.1, -0.05) is 6.92 Å². The van der Waals surface area contributed by atoms with Crippen LogP contribution in [-0.4, -0.2) is 47.2 Å². The molecule has 0 radical (unpaired) electrons. The minimum atomic E-state index is -0.213. The van der Waals surface area contributed by atoms with Crippen molar-refractivity contribution in [1.29, 1.82) is 0 Å². The number of aryl methyl sites for hydroxylation is 2. The van der Waals surface area contributed by atoms with E-state index in [0.29, 0.717) is 5.92 Å². The number of thiophene rings is 1. The van der Waals surface area contributed by atoms with Crippen molar-refractivity contribution >= 4 is 29.3 Å². The molecule has 4 heterocycles. The second-order valence-electron chi connectivity index (χ2n) is 7.41. The molecular weight excluding hydrogens is 346 g/mol. The number of piperidine rings is 1. The summed E-state index contributed by atoms with van der Waals surface area (Å²) in [4.78, 5) is 26.4. The van der Waals surface area contributed by atoms with Crippen LogP contribution in [0, 0.1) is 25.7 Å². The molecule has 3 aliphatic rings. The number of fused-ring (bicyclic) bond motifs is 1. The lowest BCUT2D eigenvalue weighted by atomic mass is 9.83. The molecule has 138 valence electrons. The molecule has 0 aliphatic carbocycles. The Kier molecular flexibility index (Phi) is 4.34. The van der Waals surface area contributed by atoms with Crippen molar-refractivity contribution in [3.63, 3.8) is 0 Å². The maximum absolute atomic E-state index is 13.1. The van der Waals surface area contributed by atoms with Gasteiger partial charge in [0.05, 0.1) is 5.56 Å². The molecule has 4 rings (SSSR count). The van der Waals surface area contributed by atoms with Crippen molar-refractivity contribution in [2.75, 3.05) is 13.1 Å².